The molecule has 1 saturated heterocycles. The standard InChI is InChI=1S/C10H21N3O/c1-3-8(4-2)13-5-6-14-9(7-13)10(11)12/h8-9H,3-7H2,1-2H3,(H3,11,12). The molecule has 0 radical (unpaired) electrons. The summed E-state index contributed by atoms with van der Waals surface area (Å²) in [5.41, 5.74) is 5.44. The molecular formula is C10H21N3O. The summed E-state index contributed by atoms with van der Waals surface area (Å²) >= 11 is 0. The van der Waals surface area contributed by atoms with Crippen molar-refractivity contribution in [2.45, 2.75) is 38.8 Å². The third kappa shape index (κ3) is 2.69. The molecule has 4 nitrogen and oxygen atoms in total. The molecule has 1 fully saturated rings. The van der Waals surface area contributed by atoms with Crippen LogP contribution < -0.4 is 5.73 Å². The molecule has 4 heteroatoms. The molecule has 0 saturated carbocycles. The number of nitrogens with zero attached hydrogens (tertiary/aromatic N) is 1. The molecule has 1 heterocycles. The van der Waals surface area contributed by atoms with Gasteiger partial charge in [0.15, 0.2) is 0 Å². The smallest absolute Gasteiger partial charge is 0.127 e. The predicted molar refractivity (Wildman–Crippen MR) is 57.6 cm³/mol. The molecule has 1 atom stereocenters. The zero-order valence-corrected chi connectivity index (χ0v) is 9.12. The maximum Gasteiger partial charge on any atom is 0.127 e. The fourth-order valence-corrected chi connectivity index (χ4v) is 1.99. The SMILES string of the molecule is CCC(CC)N1CCOC(C(=N)N)C1. The maximum absolute atomic E-state index is 7.36. The highest BCUT2D eigenvalue weighted by Crippen LogP contribution is 2.13. The van der Waals surface area contributed by atoms with Gasteiger partial charge in [0, 0.05) is 19.1 Å². The van der Waals surface area contributed by atoms with E-state index >= 15 is 0 Å². The summed E-state index contributed by atoms with van der Waals surface area (Å²) < 4.78 is 5.42. The van der Waals surface area contributed by atoms with Crippen LogP contribution in [0.5, 0.6) is 0 Å². The lowest BCUT2D eigenvalue weighted by Gasteiger charge is -2.37. The second kappa shape index (κ2) is 5.32. The van der Waals surface area contributed by atoms with Gasteiger partial charge in [0.2, 0.25) is 0 Å². The number of ether oxygens (including phenoxy) is 1. The van der Waals surface area contributed by atoms with Gasteiger partial charge < -0.3 is 10.5 Å². The summed E-state index contributed by atoms with van der Waals surface area (Å²) in [6, 6.07) is 0.612. The van der Waals surface area contributed by atoms with Crippen molar-refractivity contribution in [2.75, 3.05) is 19.7 Å². The van der Waals surface area contributed by atoms with Crippen LogP contribution in [0.25, 0.3) is 0 Å². The molecule has 1 unspecified atom stereocenters. The van der Waals surface area contributed by atoms with Gasteiger partial charge >= 0.3 is 0 Å². The van der Waals surface area contributed by atoms with E-state index in [2.05, 4.69) is 18.7 Å². The molecule has 1 rings (SSSR count). The first-order valence-electron chi connectivity index (χ1n) is 5.38. The van der Waals surface area contributed by atoms with Crippen LogP contribution in [0.15, 0.2) is 0 Å². The summed E-state index contributed by atoms with van der Waals surface area (Å²) in [6.45, 7) is 6.84. The first-order chi connectivity index (χ1) is 6.69. The monoisotopic (exact) mass is 199 g/mol. The van der Waals surface area contributed by atoms with Crippen molar-refractivity contribution < 1.29 is 4.74 Å². The first kappa shape index (κ1) is 11.5. The van der Waals surface area contributed by atoms with Crippen LogP contribution in [0, 0.1) is 5.41 Å². The largest absolute Gasteiger partial charge is 0.385 e. The van der Waals surface area contributed by atoms with Gasteiger partial charge in [-0.1, -0.05) is 13.8 Å². The molecule has 0 amide bonds. The summed E-state index contributed by atoms with van der Waals surface area (Å²) in [6.07, 6.45) is 2.12. The molecule has 0 aliphatic carbocycles. The Labute approximate surface area is 85.9 Å². The zero-order chi connectivity index (χ0) is 10.6. The average molecular weight is 199 g/mol. The van der Waals surface area contributed by atoms with Crippen LogP contribution >= 0.6 is 0 Å². The van der Waals surface area contributed by atoms with Crippen LogP contribution in [0.4, 0.5) is 0 Å². The fourth-order valence-electron chi connectivity index (χ4n) is 1.99. The second-order valence-electron chi connectivity index (χ2n) is 3.78. The molecule has 82 valence electrons. The van der Waals surface area contributed by atoms with Gasteiger partial charge in [-0.25, -0.2) is 0 Å². The Morgan fingerprint density at radius 3 is 2.71 bits per heavy atom. The summed E-state index contributed by atoms with van der Waals surface area (Å²) in [4.78, 5) is 2.38. The average Bonchev–Trinajstić information content (AvgIpc) is 2.20. The third-order valence-electron chi connectivity index (χ3n) is 2.90. The number of amidine groups is 1. The number of rotatable bonds is 4. The highest BCUT2D eigenvalue weighted by Gasteiger charge is 2.25. The van der Waals surface area contributed by atoms with Crippen molar-refractivity contribution in [3.63, 3.8) is 0 Å². The van der Waals surface area contributed by atoms with E-state index in [1.165, 1.54) is 0 Å². The van der Waals surface area contributed by atoms with Crippen molar-refractivity contribution in [2.24, 2.45) is 5.73 Å². The highest BCUT2D eigenvalue weighted by molar-refractivity contribution is 5.82. The highest BCUT2D eigenvalue weighted by atomic mass is 16.5. The fraction of sp³-hybridized carbons (Fsp3) is 0.900. The number of nitrogens with two attached hydrogens (primary N) is 1. The lowest BCUT2D eigenvalue weighted by atomic mass is 10.1. The summed E-state index contributed by atoms with van der Waals surface area (Å²) in [7, 11) is 0. The Hall–Kier alpha value is -0.610. The Bertz CT molecular complexity index is 192. The molecule has 0 aromatic heterocycles. The third-order valence-corrected chi connectivity index (χ3v) is 2.90. The number of morpholine rings is 1. The Morgan fingerprint density at radius 1 is 1.57 bits per heavy atom. The van der Waals surface area contributed by atoms with Gasteiger partial charge in [0.1, 0.15) is 11.9 Å². The van der Waals surface area contributed by atoms with Crippen LogP contribution in [-0.4, -0.2) is 42.6 Å². The van der Waals surface area contributed by atoms with Crippen molar-refractivity contribution in [1.29, 1.82) is 5.41 Å². The molecule has 0 spiro atoms. The Morgan fingerprint density at radius 2 is 2.21 bits per heavy atom. The number of hydrogen-bond acceptors (Lipinski definition) is 3. The van der Waals surface area contributed by atoms with Crippen molar-refractivity contribution >= 4 is 5.84 Å². The van der Waals surface area contributed by atoms with E-state index in [0.717, 1.165) is 25.9 Å². The van der Waals surface area contributed by atoms with Crippen LogP contribution in [0.3, 0.4) is 0 Å². The van der Waals surface area contributed by atoms with Gasteiger partial charge in [0.25, 0.3) is 0 Å². The minimum absolute atomic E-state index is 0.153. The van der Waals surface area contributed by atoms with Crippen molar-refractivity contribution in [3.8, 4) is 0 Å². The molecular weight excluding hydrogens is 178 g/mol. The molecule has 0 bridgehead atoms. The zero-order valence-electron chi connectivity index (χ0n) is 9.12. The van der Waals surface area contributed by atoms with E-state index in [-0.39, 0.29) is 11.9 Å². The van der Waals surface area contributed by atoms with E-state index in [1.807, 2.05) is 0 Å². The van der Waals surface area contributed by atoms with E-state index in [9.17, 15) is 0 Å². The number of nitrogens with one attached hydrogen (secondary N) is 1. The molecule has 0 aromatic carbocycles. The van der Waals surface area contributed by atoms with Gasteiger partial charge in [-0.2, -0.15) is 0 Å². The normalized spacial score (nSPS) is 24.1. The van der Waals surface area contributed by atoms with E-state index in [4.69, 9.17) is 15.9 Å². The van der Waals surface area contributed by atoms with Crippen LogP contribution in [-0.2, 0) is 4.74 Å². The van der Waals surface area contributed by atoms with E-state index < -0.39 is 0 Å². The Kier molecular flexibility index (Phi) is 4.35. The lowest BCUT2D eigenvalue weighted by Crippen LogP contribution is -2.51. The topological polar surface area (TPSA) is 62.3 Å². The second-order valence-corrected chi connectivity index (χ2v) is 3.78. The van der Waals surface area contributed by atoms with E-state index in [1.54, 1.807) is 0 Å². The lowest BCUT2D eigenvalue weighted by molar-refractivity contribution is -0.0136. The van der Waals surface area contributed by atoms with Gasteiger partial charge in [-0.05, 0) is 12.8 Å². The van der Waals surface area contributed by atoms with E-state index in [0.29, 0.717) is 12.6 Å². The minimum Gasteiger partial charge on any atom is -0.385 e. The molecule has 14 heavy (non-hydrogen) atoms. The predicted octanol–water partition coefficient (Wildman–Crippen LogP) is 0.812. The van der Waals surface area contributed by atoms with Crippen molar-refractivity contribution in [1.82, 2.24) is 4.90 Å². The molecule has 3 N–H and O–H groups in total. The molecule has 0 aromatic rings. The van der Waals surface area contributed by atoms with Crippen LogP contribution in [0.1, 0.15) is 26.7 Å². The quantitative estimate of drug-likeness (QED) is 0.520. The van der Waals surface area contributed by atoms with Gasteiger partial charge in [-0.15, -0.1) is 0 Å². The first-order valence-corrected chi connectivity index (χ1v) is 5.38. The minimum atomic E-state index is -0.190. The summed E-state index contributed by atoms with van der Waals surface area (Å²) in [5.74, 6) is 0.153. The van der Waals surface area contributed by atoms with Crippen molar-refractivity contribution in [3.05, 3.63) is 0 Å². The van der Waals surface area contributed by atoms with Gasteiger partial charge in [-0.3, -0.25) is 10.3 Å². The van der Waals surface area contributed by atoms with Crippen LogP contribution in [0.2, 0.25) is 0 Å². The summed E-state index contributed by atoms with van der Waals surface area (Å²) in [5, 5.41) is 7.36. The van der Waals surface area contributed by atoms with Gasteiger partial charge in [0.05, 0.1) is 6.61 Å². The molecule has 1 aliphatic heterocycles. The number of hydrogen-bond donors (Lipinski definition) is 2. The maximum atomic E-state index is 7.36. The molecule has 1 aliphatic rings. The Balaban J connectivity index is 2.50.